The molecule has 0 aliphatic carbocycles. The van der Waals surface area contributed by atoms with Crippen molar-refractivity contribution in [3.8, 4) is 5.88 Å². The van der Waals surface area contributed by atoms with Crippen LogP contribution in [0.3, 0.4) is 0 Å². The van der Waals surface area contributed by atoms with Crippen LogP contribution in [-0.2, 0) is 14.4 Å². The van der Waals surface area contributed by atoms with Gasteiger partial charge in [-0.05, 0) is 38.0 Å². The smallest absolute Gasteiger partial charge is 0.328 e. The second kappa shape index (κ2) is 12.9. The van der Waals surface area contributed by atoms with Crippen LogP contribution < -0.4 is 21.9 Å². The molecule has 1 aliphatic rings. The van der Waals surface area contributed by atoms with Crippen molar-refractivity contribution in [1.82, 2.24) is 15.3 Å². The highest BCUT2D eigenvalue weighted by molar-refractivity contribution is 8.15. The molecule has 0 bridgehead atoms. The lowest BCUT2D eigenvalue weighted by atomic mass is 10.00. The fraction of sp³-hybridized carbons (Fsp3) is 0.259. The minimum absolute atomic E-state index is 0.0808. The molecule has 2 unspecified atom stereocenters. The van der Waals surface area contributed by atoms with Gasteiger partial charge in [0, 0.05) is 19.0 Å². The molecule has 2 atom stereocenters. The number of benzene rings is 2. The Kier molecular flexibility index (Phi) is 9.67. The number of aliphatic carboxylic acids is 1. The van der Waals surface area contributed by atoms with Crippen molar-refractivity contribution >= 4 is 40.4 Å². The molecule has 13 heteroatoms. The lowest BCUT2D eigenvalue weighted by Crippen LogP contribution is -2.29. The maximum atomic E-state index is 12.6. The number of carbonyl (C=O) groups is 3. The standard InChI is InChI=1S/C25H25N5O5S.C2H4O2/c1-12-4-7-15(8-5-12)20(19-22(33)28-24(35)29-23(19)34)27-25-30-21(32)17(36-25)11-18(31)26-16-9-6-13(2)10-14(16)3;1-2(3)4/h4-10,17,20H,11H2,1-3H3,(H,26,31)(H,27,30,32)(H3,28,29,33,34,35);1H3,(H,3,4). The highest BCUT2D eigenvalue weighted by Gasteiger charge is 2.34. The molecule has 2 amide bonds. The zero-order valence-corrected chi connectivity index (χ0v) is 23.0. The first-order chi connectivity index (χ1) is 18.8. The third kappa shape index (κ3) is 7.93. The molecule has 1 aromatic heterocycles. The molecule has 1 fully saturated rings. The van der Waals surface area contributed by atoms with Crippen LogP contribution in [0.4, 0.5) is 5.69 Å². The summed E-state index contributed by atoms with van der Waals surface area (Å²) in [5.41, 5.74) is 2.38. The Balaban J connectivity index is 0.00000103. The Morgan fingerprint density at radius 1 is 1.02 bits per heavy atom. The van der Waals surface area contributed by atoms with Gasteiger partial charge < -0.3 is 20.8 Å². The number of aromatic hydroxyl groups is 1. The lowest BCUT2D eigenvalue weighted by molar-refractivity contribution is -0.134. The SMILES string of the molecule is CC(=O)O.Cc1ccc(C(N=C2NC(=O)C(CC(=O)Nc3ccc(C)cc3C)S2)c2c(O)[nH]c(=O)[nH]c2=O)cc1. The first-order valence-corrected chi connectivity index (χ1v) is 13.0. The van der Waals surface area contributed by atoms with Gasteiger partial charge >= 0.3 is 5.69 Å². The molecule has 210 valence electrons. The molecule has 0 saturated carbocycles. The Labute approximate surface area is 233 Å². The molecule has 0 radical (unpaired) electrons. The summed E-state index contributed by atoms with van der Waals surface area (Å²) < 4.78 is 0. The van der Waals surface area contributed by atoms with E-state index in [1.165, 1.54) is 0 Å². The zero-order chi connectivity index (χ0) is 29.6. The molecule has 2 aromatic carbocycles. The molecular formula is C27H29N5O7S. The average Bonchev–Trinajstić information content (AvgIpc) is 3.18. The average molecular weight is 568 g/mol. The van der Waals surface area contributed by atoms with Crippen LogP contribution in [0.2, 0.25) is 0 Å². The summed E-state index contributed by atoms with van der Waals surface area (Å²) >= 11 is 1.06. The fourth-order valence-corrected chi connectivity index (χ4v) is 4.83. The predicted molar refractivity (Wildman–Crippen MR) is 152 cm³/mol. The van der Waals surface area contributed by atoms with E-state index in [1.54, 1.807) is 12.1 Å². The number of aliphatic imine (C=N–C) groups is 1. The van der Waals surface area contributed by atoms with Crippen molar-refractivity contribution in [2.75, 3.05) is 5.32 Å². The number of hydrogen-bond donors (Lipinski definition) is 6. The largest absolute Gasteiger partial charge is 0.494 e. The van der Waals surface area contributed by atoms with E-state index in [0.717, 1.165) is 35.4 Å². The van der Waals surface area contributed by atoms with Gasteiger partial charge in [-0.15, -0.1) is 0 Å². The van der Waals surface area contributed by atoms with Gasteiger partial charge in [0.25, 0.3) is 11.5 Å². The number of aromatic nitrogens is 2. The van der Waals surface area contributed by atoms with E-state index in [-0.39, 0.29) is 23.1 Å². The number of rotatable bonds is 6. The molecule has 12 nitrogen and oxygen atoms in total. The Morgan fingerprint density at radius 2 is 1.65 bits per heavy atom. The number of carboxylic acid groups (broad SMARTS) is 1. The number of amides is 2. The van der Waals surface area contributed by atoms with Crippen molar-refractivity contribution in [2.45, 2.75) is 45.4 Å². The number of amidine groups is 1. The van der Waals surface area contributed by atoms with Gasteiger partial charge in [-0.25, -0.2) is 9.79 Å². The molecular weight excluding hydrogens is 538 g/mol. The van der Waals surface area contributed by atoms with Crippen molar-refractivity contribution in [2.24, 2.45) is 4.99 Å². The van der Waals surface area contributed by atoms with Crippen LogP contribution in [0.25, 0.3) is 0 Å². The lowest BCUT2D eigenvalue weighted by Gasteiger charge is -2.15. The van der Waals surface area contributed by atoms with Crippen LogP contribution in [0.1, 0.15) is 47.2 Å². The quantitative estimate of drug-likeness (QED) is 0.261. The Bertz CT molecular complexity index is 1570. The van der Waals surface area contributed by atoms with Crippen molar-refractivity contribution in [3.63, 3.8) is 0 Å². The Morgan fingerprint density at radius 3 is 2.25 bits per heavy atom. The van der Waals surface area contributed by atoms with Gasteiger partial charge in [-0.3, -0.25) is 29.1 Å². The summed E-state index contributed by atoms with van der Waals surface area (Å²) in [6, 6.07) is 11.8. The van der Waals surface area contributed by atoms with Crippen LogP contribution >= 0.6 is 11.8 Å². The van der Waals surface area contributed by atoms with E-state index in [0.29, 0.717) is 11.3 Å². The predicted octanol–water partition coefficient (Wildman–Crippen LogP) is 2.49. The van der Waals surface area contributed by atoms with Gasteiger partial charge in [0.15, 0.2) is 5.17 Å². The zero-order valence-electron chi connectivity index (χ0n) is 22.2. The number of anilines is 1. The summed E-state index contributed by atoms with van der Waals surface area (Å²) in [6.07, 6.45) is -0.0808. The number of nitrogens with one attached hydrogen (secondary N) is 4. The van der Waals surface area contributed by atoms with E-state index in [4.69, 9.17) is 9.90 Å². The summed E-state index contributed by atoms with van der Waals surface area (Å²) in [7, 11) is 0. The summed E-state index contributed by atoms with van der Waals surface area (Å²) in [4.78, 5) is 67.1. The first kappa shape index (κ1) is 29.9. The monoisotopic (exact) mass is 567 g/mol. The van der Waals surface area contributed by atoms with Crippen molar-refractivity contribution in [1.29, 1.82) is 0 Å². The molecule has 1 aliphatic heterocycles. The summed E-state index contributed by atoms with van der Waals surface area (Å²) in [5, 5.41) is 22.7. The van der Waals surface area contributed by atoms with E-state index in [2.05, 4.69) is 25.6 Å². The van der Waals surface area contributed by atoms with Crippen LogP contribution in [0.15, 0.2) is 57.0 Å². The fourth-order valence-electron chi connectivity index (χ4n) is 3.83. The van der Waals surface area contributed by atoms with Crippen LogP contribution in [0.5, 0.6) is 5.88 Å². The highest BCUT2D eigenvalue weighted by Crippen LogP contribution is 2.32. The molecule has 2 heterocycles. The van der Waals surface area contributed by atoms with E-state index in [1.807, 2.05) is 51.1 Å². The number of hydrogen-bond acceptors (Lipinski definition) is 8. The maximum Gasteiger partial charge on any atom is 0.328 e. The van der Waals surface area contributed by atoms with Gasteiger partial charge in [0.05, 0.1) is 0 Å². The number of aromatic amines is 2. The third-order valence-corrected chi connectivity index (χ3v) is 6.77. The number of H-pyrrole nitrogens is 2. The number of aryl methyl sites for hydroxylation is 3. The minimum atomic E-state index is -1.02. The number of carboxylic acids is 1. The number of thioether (sulfide) groups is 1. The third-order valence-electron chi connectivity index (χ3n) is 5.67. The summed E-state index contributed by atoms with van der Waals surface area (Å²) in [5.74, 6) is -2.16. The number of nitrogens with zero attached hydrogens (tertiary/aromatic N) is 1. The minimum Gasteiger partial charge on any atom is -0.494 e. The van der Waals surface area contributed by atoms with Crippen molar-refractivity contribution < 1.29 is 24.6 Å². The number of carbonyl (C=O) groups excluding carboxylic acids is 2. The summed E-state index contributed by atoms with van der Waals surface area (Å²) in [6.45, 7) is 6.84. The molecule has 40 heavy (non-hydrogen) atoms. The molecule has 4 rings (SSSR count). The van der Waals surface area contributed by atoms with Gasteiger partial charge in [-0.1, -0.05) is 59.3 Å². The van der Waals surface area contributed by atoms with Crippen LogP contribution in [-0.4, -0.2) is 48.4 Å². The van der Waals surface area contributed by atoms with E-state index in [9.17, 15) is 24.3 Å². The molecule has 0 spiro atoms. The van der Waals surface area contributed by atoms with E-state index < -0.39 is 40.3 Å². The first-order valence-electron chi connectivity index (χ1n) is 12.1. The molecule has 6 N–H and O–H groups in total. The second-order valence-corrected chi connectivity index (χ2v) is 10.3. The maximum absolute atomic E-state index is 12.6. The molecule has 3 aromatic rings. The van der Waals surface area contributed by atoms with Gasteiger partial charge in [0.1, 0.15) is 16.9 Å². The topological polar surface area (TPSA) is 194 Å². The molecule has 1 saturated heterocycles. The second-order valence-electron chi connectivity index (χ2n) is 9.10. The van der Waals surface area contributed by atoms with Gasteiger partial charge in [-0.2, -0.15) is 0 Å². The highest BCUT2D eigenvalue weighted by atomic mass is 32.2. The normalized spacial score (nSPS) is 16.1. The van der Waals surface area contributed by atoms with Crippen LogP contribution in [0, 0.1) is 20.8 Å². The Hall–Kier alpha value is -4.65. The van der Waals surface area contributed by atoms with E-state index >= 15 is 0 Å². The van der Waals surface area contributed by atoms with Crippen molar-refractivity contribution in [3.05, 3.63) is 91.1 Å². The van der Waals surface area contributed by atoms with Gasteiger partial charge in [0.2, 0.25) is 17.7 Å².